The van der Waals surface area contributed by atoms with Crippen LogP contribution in [0.3, 0.4) is 0 Å². The van der Waals surface area contributed by atoms with Crippen molar-refractivity contribution in [3.63, 3.8) is 0 Å². The summed E-state index contributed by atoms with van der Waals surface area (Å²) < 4.78 is 12.0. The predicted octanol–water partition coefficient (Wildman–Crippen LogP) is 4.49. The molecule has 0 saturated heterocycles. The number of rotatable bonds is 9. The summed E-state index contributed by atoms with van der Waals surface area (Å²) in [6, 6.07) is 14.0. The smallest absolute Gasteiger partial charge is 0.303 e. The van der Waals surface area contributed by atoms with Gasteiger partial charge in [-0.15, -0.1) is 0 Å². The van der Waals surface area contributed by atoms with Crippen molar-refractivity contribution in [2.75, 3.05) is 13.7 Å². The van der Waals surface area contributed by atoms with Gasteiger partial charge < -0.3 is 14.6 Å². The Balaban J connectivity index is 1.95. The van der Waals surface area contributed by atoms with E-state index < -0.39 is 5.97 Å². The molecule has 5 heteroatoms. The minimum atomic E-state index is -0.814. The minimum Gasteiger partial charge on any atom is -0.493 e. The molecule has 0 unspecified atom stereocenters. The maximum absolute atomic E-state index is 10.7. The average molecular weight is 393 g/mol. The third-order valence-corrected chi connectivity index (χ3v) is 4.20. The van der Waals surface area contributed by atoms with Crippen molar-refractivity contribution in [3.05, 3.63) is 58.1 Å². The molecule has 0 bridgehead atoms. The van der Waals surface area contributed by atoms with Crippen molar-refractivity contribution < 1.29 is 19.4 Å². The van der Waals surface area contributed by atoms with Crippen molar-refractivity contribution in [1.82, 2.24) is 0 Å². The number of hydrogen-bond donors (Lipinski definition) is 1. The van der Waals surface area contributed by atoms with Crippen molar-refractivity contribution in [1.29, 1.82) is 0 Å². The van der Waals surface area contributed by atoms with Gasteiger partial charge in [0.25, 0.3) is 0 Å². The summed E-state index contributed by atoms with van der Waals surface area (Å²) in [5.41, 5.74) is 2.19. The number of aliphatic carboxylic acids is 1. The van der Waals surface area contributed by atoms with E-state index in [1.807, 2.05) is 30.3 Å². The molecule has 0 aromatic heterocycles. The van der Waals surface area contributed by atoms with Crippen LogP contribution in [-0.2, 0) is 17.6 Å². The summed E-state index contributed by atoms with van der Waals surface area (Å²) >= 11 is 3.49. The lowest BCUT2D eigenvalue weighted by atomic mass is 10.1. The maximum Gasteiger partial charge on any atom is 0.303 e. The third kappa shape index (κ3) is 5.57. The van der Waals surface area contributed by atoms with E-state index >= 15 is 0 Å². The van der Waals surface area contributed by atoms with Gasteiger partial charge in [-0.3, -0.25) is 4.79 Å². The number of methoxy groups -OCH3 is 1. The first-order valence-electron chi connectivity index (χ1n) is 7.85. The Labute approximate surface area is 150 Å². The average Bonchev–Trinajstić information content (AvgIpc) is 2.58. The van der Waals surface area contributed by atoms with E-state index in [9.17, 15) is 4.79 Å². The van der Waals surface area contributed by atoms with Crippen LogP contribution in [0, 0.1) is 0 Å². The number of hydrogen-bond acceptors (Lipinski definition) is 3. The first-order chi connectivity index (χ1) is 11.6. The fourth-order valence-corrected chi connectivity index (χ4v) is 3.01. The zero-order valence-electron chi connectivity index (χ0n) is 13.6. The van der Waals surface area contributed by atoms with E-state index in [0.717, 1.165) is 22.9 Å². The van der Waals surface area contributed by atoms with Crippen molar-refractivity contribution in [3.8, 4) is 11.5 Å². The van der Waals surface area contributed by atoms with Gasteiger partial charge in [-0.25, -0.2) is 0 Å². The van der Waals surface area contributed by atoms with Crippen LogP contribution in [0.25, 0.3) is 0 Å². The quantitative estimate of drug-likeness (QED) is 0.638. The molecule has 0 saturated carbocycles. The topological polar surface area (TPSA) is 55.8 Å². The molecule has 0 radical (unpaired) electrons. The van der Waals surface area contributed by atoms with Crippen LogP contribution < -0.4 is 9.47 Å². The SMILES string of the molecule is COc1cc(CCC(=O)O)cc(Br)c1OCCCc1ccccc1. The fraction of sp³-hybridized carbons (Fsp3) is 0.316. The highest BCUT2D eigenvalue weighted by Gasteiger charge is 2.12. The van der Waals surface area contributed by atoms with Crippen LogP contribution in [0.15, 0.2) is 46.9 Å². The summed E-state index contributed by atoms with van der Waals surface area (Å²) in [6.45, 7) is 0.582. The second kappa shape index (κ2) is 9.33. The molecule has 0 aliphatic heterocycles. The molecule has 2 aromatic rings. The predicted molar refractivity (Wildman–Crippen MR) is 96.9 cm³/mol. The number of carboxylic acid groups (broad SMARTS) is 1. The second-order valence-electron chi connectivity index (χ2n) is 5.44. The van der Waals surface area contributed by atoms with Crippen LogP contribution in [-0.4, -0.2) is 24.8 Å². The Morgan fingerprint density at radius 3 is 2.54 bits per heavy atom. The highest BCUT2D eigenvalue weighted by molar-refractivity contribution is 9.10. The number of carboxylic acids is 1. The van der Waals surface area contributed by atoms with Gasteiger partial charge in [0.2, 0.25) is 0 Å². The Bertz CT molecular complexity index is 671. The van der Waals surface area contributed by atoms with E-state index in [-0.39, 0.29) is 6.42 Å². The zero-order valence-corrected chi connectivity index (χ0v) is 15.2. The van der Waals surface area contributed by atoms with Crippen molar-refractivity contribution in [2.45, 2.75) is 25.7 Å². The Morgan fingerprint density at radius 2 is 1.88 bits per heavy atom. The van der Waals surface area contributed by atoms with Crippen LogP contribution in [0.4, 0.5) is 0 Å². The lowest BCUT2D eigenvalue weighted by Crippen LogP contribution is -2.03. The van der Waals surface area contributed by atoms with Crippen molar-refractivity contribution >= 4 is 21.9 Å². The Hall–Kier alpha value is -2.01. The molecule has 0 spiro atoms. The van der Waals surface area contributed by atoms with Gasteiger partial charge in [-0.05, 0) is 58.5 Å². The molecule has 0 aliphatic rings. The summed E-state index contributed by atoms with van der Waals surface area (Å²) in [5.74, 6) is 0.459. The highest BCUT2D eigenvalue weighted by atomic mass is 79.9. The Morgan fingerprint density at radius 1 is 1.12 bits per heavy atom. The molecule has 4 nitrogen and oxygen atoms in total. The van der Waals surface area contributed by atoms with E-state index in [4.69, 9.17) is 14.6 Å². The number of aryl methyl sites for hydroxylation is 2. The van der Waals surface area contributed by atoms with E-state index in [1.165, 1.54) is 5.56 Å². The fourth-order valence-electron chi connectivity index (χ4n) is 2.40. The largest absolute Gasteiger partial charge is 0.493 e. The highest BCUT2D eigenvalue weighted by Crippen LogP contribution is 2.37. The summed E-state index contributed by atoms with van der Waals surface area (Å²) in [6.07, 6.45) is 2.41. The molecule has 0 atom stereocenters. The van der Waals surface area contributed by atoms with Gasteiger partial charge >= 0.3 is 5.97 Å². The number of benzene rings is 2. The normalized spacial score (nSPS) is 10.4. The second-order valence-corrected chi connectivity index (χ2v) is 6.29. The van der Waals surface area contributed by atoms with Gasteiger partial charge in [0, 0.05) is 6.42 Å². The van der Waals surface area contributed by atoms with Gasteiger partial charge in [-0.2, -0.15) is 0 Å². The molecule has 1 N–H and O–H groups in total. The van der Waals surface area contributed by atoms with Gasteiger partial charge in [0.15, 0.2) is 11.5 Å². The molecule has 2 aromatic carbocycles. The maximum atomic E-state index is 10.7. The molecular weight excluding hydrogens is 372 g/mol. The molecule has 0 heterocycles. The lowest BCUT2D eigenvalue weighted by molar-refractivity contribution is -0.136. The molecule has 0 fully saturated rings. The molecule has 0 amide bonds. The molecule has 24 heavy (non-hydrogen) atoms. The van der Waals surface area contributed by atoms with Crippen LogP contribution in [0.5, 0.6) is 11.5 Å². The van der Waals surface area contributed by atoms with Crippen molar-refractivity contribution in [2.24, 2.45) is 0 Å². The summed E-state index contributed by atoms with van der Waals surface area (Å²) in [4.78, 5) is 10.7. The van der Waals surface area contributed by atoms with Gasteiger partial charge in [0.05, 0.1) is 18.2 Å². The van der Waals surface area contributed by atoms with E-state index in [0.29, 0.717) is 24.5 Å². The van der Waals surface area contributed by atoms with Gasteiger partial charge in [0.1, 0.15) is 0 Å². The first kappa shape index (κ1) is 18.3. The number of ether oxygens (including phenoxy) is 2. The molecular formula is C19H21BrO4. The van der Waals surface area contributed by atoms with E-state index in [1.54, 1.807) is 7.11 Å². The lowest BCUT2D eigenvalue weighted by Gasteiger charge is -2.14. The van der Waals surface area contributed by atoms with Crippen LogP contribution in [0.1, 0.15) is 24.0 Å². The minimum absolute atomic E-state index is 0.0902. The standard InChI is InChI=1S/C19H21BrO4/c1-23-17-13-15(9-10-18(21)22)12-16(20)19(17)24-11-5-8-14-6-3-2-4-7-14/h2-4,6-7,12-13H,5,8-11H2,1H3,(H,21,22). The molecule has 2 rings (SSSR count). The summed E-state index contributed by atoms with van der Waals surface area (Å²) in [7, 11) is 1.58. The molecule has 0 aliphatic carbocycles. The van der Waals surface area contributed by atoms with E-state index in [2.05, 4.69) is 28.1 Å². The third-order valence-electron chi connectivity index (χ3n) is 3.62. The summed E-state index contributed by atoms with van der Waals surface area (Å²) in [5, 5.41) is 8.79. The monoisotopic (exact) mass is 392 g/mol. The van der Waals surface area contributed by atoms with Crippen LogP contribution >= 0.6 is 15.9 Å². The van der Waals surface area contributed by atoms with Gasteiger partial charge in [-0.1, -0.05) is 30.3 Å². The number of halogens is 1. The Kier molecular flexibility index (Phi) is 7.12. The number of carbonyl (C=O) groups is 1. The van der Waals surface area contributed by atoms with Crippen LogP contribution in [0.2, 0.25) is 0 Å². The first-order valence-corrected chi connectivity index (χ1v) is 8.64. The molecule has 128 valence electrons. The zero-order chi connectivity index (χ0) is 17.4.